The van der Waals surface area contributed by atoms with E-state index in [4.69, 9.17) is 9.47 Å². The first-order chi connectivity index (χ1) is 16.0. The molecule has 0 aliphatic rings. The lowest BCUT2D eigenvalue weighted by Crippen LogP contribution is -2.35. The van der Waals surface area contributed by atoms with Crippen molar-refractivity contribution in [1.29, 1.82) is 0 Å². The Bertz CT molecular complexity index is 930. The molecule has 0 radical (unpaired) electrons. The van der Waals surface area contributed by atoms with Crippen molar-refractivity contribution < 1.29 is 9.47 Å². The SMILES string of the molecule is COc1ccc(CCN(C)CCCC(c2ccccc2)(c2ccccc2)C(C)C)cc1OC. The van der Waals surface area contributed by atoms with Gasteiger partial charge in [-0.3, -0.25) is 0 Å². The Hall–Kier alpha value is -2.78. The van der Waals surface area contributed by atoms with Gasteiger partial charge in [-0.05, 0) is 67.6 Å². The molecule has 3 heteroatoms. The van der Waals surface area contributed by atoms with Crippen LogP contribution in [0.4, 0.5) is 0 Å². The summed E-state index contributed by atoms with van der Waals surface area (Å²) in [6.45, 7) is 6.81. The molecule has 0 heterocycles. The summed E-state index contributed by atoms with van der Waals surface area (Å²) in [5.41, 5.74) is 4.12. The topological polar surface area (TPSA) is 21.7 Å². The monoisotopic (exact) mass is 445 g/mol. The second kappa shape index (κ2) is 11.9. The highest BCUT2D eigenvalue weighted by Crippen LogP contribution is 2.43. The van der Waals surface area contributed by atoms with E-state index in [0.717, 1.165) is 43.9 Å². The zero-order valence-electron chi connectivity index (χ0n) is 20.9. The lowest BCUT2D eigenvalue weighted by molar-refractivity contribution is 0.284. The van der Waals surface area contributed by atoms with Crippen LogP contribution in [-0.4, -0.2) is 39.3 Å². The number of likely N-dealkylation sites (N-methyl/N-ethyl adjacent to an activating group) is 1. The highest BCUT2D eigenvalue weighted by Gasteiger charge is 2.36. The first kappa shape index (κ1) is 24.9. The number of hydrogen-bond donors (Lipinski definition) is 0. The van der Waals surface area contributed by atoms with E-state index >= 15 is 0 Å². The van der Waals surface area contributed by atoms with Gasteiger partial charge in [-0.15, -0.1) is 0 Å². The fourth-order valence-electron chi connectivity index (χ4n) is 4.98. The fourth-order valence-corrected chi connectivity index (χ4v) is 4.98. The Labute approximate surface area is 200 Å². The molecule has 0 bridgehead atoms. The van der Waals surface area contributed by atoms with Crippen LogP contribution in [0.2, 0.25) is 0 Å². The Balaban J connectivity index is 1.67. The van der Waals surface area contributed by atoms with Crippen LogP contribution in [0.1, 0.15) is 43.4 Å². The maximum absolute atomic E-state index is 5.45. The number of benzene rings is 3. The second-order valence-electron chi connectivity index (χ2n) is 9.20. The van der Waals surface area contributed by atoms with E-state index in [2.05, 4.69) is 98.6 Å². The van der Waals surface area contributed by atoms with Gasteiger partial charge in [-0.25, -0.2) is 0 Å². The van der Waals surface area contributed by atoms with Crippen LogP contribution in [0, 0.1) is 5.92 Å². The van der Waals surface area contributed by atoms with Crippen LogP contribution in [0.15, 0.2) is 78.9 Å². The van der Waals surface area contributed by atoms with Gasteiger partial charge < -0.3 is 14.4 Å². The molecular weight excluding hydrogens is 406 g/mol. The van der Waals surface area contributed by atoms with Crippen molar-refractivity contribution in [2.75, 3.05) is 34.4 Å². The Morgan fingerprint density at radius 1 is 0.758 bits per heavy atom. The van der Waals surface area contributed by atoms with Crippen molar-refractivity contribution in [3.8, 4) is 11.5 Å². The van der Waals surface area contributed by atoms with Gasteiger partial charge in [0.2, 0.25) is 0 Å². The summed E-state index contributed by atoms with van der Waals surface area (Å²) >= 11 is 0. The van der Waals surface area contributed by atoms with E-state index in [9.17, 15) is 0 Å². The van der Waals surface area contributed by atoms with Crippen molar-refractivity contribution in [3.63, 3.8) is 0 Å². The number of hydrogen-bond acceptors (Lipinski definition) is 3. The largest absolute Gasteiger partial charge is 0.493 e. The van der Waals surface area contributed by atoms with Gasteiger partial charge in [0.25, 0.3) is 0 Å². The molecule has 0 spiro atoms. The normalized spacial score (nSPS) is 11.7. The van der Waals surface area contributed by atoms with Crippen LogP contribution in [0.25, 0.3) is 0 Å². The molecule has 3 rings (SSSR count). The van der Waals surface area contributed by atoms with Crippen molar-refractivity contribution in [3.05, 3.63) is 95.6 Å². The van der Waals surface area contributed by atoms with Gasteiger partial charge in [-0.2, -0.15) is 0 Å². The number of ether oxygens (including phenoxy) is 2. The number of methoxy groups -OCH3 is 2. The predicted octanol–water partition coefficient (Wildman–Crippen LogP) is 6.60. The average molecular weight is 446 g/mol. The fraction of sp³-hybridized carbons (Fsp3) is 0.400. The van der Waals surface area contributed by atoms with E-state index in [-0.39, 0.29) is 5.41 Å². The van der Waals surface area contributed by atoms with Crippen molar-refractivity contribution in [2.24, 2.45) is 5.92 Å². The van der Waals surface area contributed by atoms with Crippen LogP contribution >= 0.6 is 0 Å². The smallest absolute Gasteiger partial charge is 0.160 e. The first-order valence-electron chi connectivity index (χ1n) is 12.0. The summed E-state index contributed by atoms with van der Waals surface area (Å²) in [4.78, 5) is 2.44. The highest BCUT2D eigenvalue weighted by molar-refractivity contribution is 5.43. The van der Waals surface area contributed by atoms with Crippen LogP contribution in [0.3, 0.4) is 0 Å². The number of rotatable bonds is 12. The minimum Gasteiger partial charge on any atom is -0.493 e. The standard InChI is InChI=1S/C30H39NO2/c1-24(2)30(26-13-8-6-9-14-26,27-15-10-7-11-16-27)20-12-21-31(3)22-19-25-17-18-28(32-4)29(23-25)33-5/h6-11,13-18,23-24H,12,19-22H2,1-5H3. The zero-order valence-corrected chi connectivity index (χ0v) is 20.9. The Morgan fingerprint density at radius 2 is 1.33 bits per heavy atom. The lowest BCUT2D eigenvalue weighted by Gasteiger charge is -2.40. The van der Waals surface area contributed by atoms with Gasteiger partial charge in [0.1, 0.15) is 0 Å². The molecule has 33 heavy (non-hydrogen) atoms. The first-order valence-corrected chi connectivity index (χ1v) is 12.0. The van der Waals surface area contributed by atoms with E-state index in [1.54, 1.807) is 14.2 Å². The third kappa shape index (κ3) is 5.97. The minimum absolute atomic E-state index is 0.0205. The molecule has 0 aromatic heterocycles. The van der Waals surface area contributed by atoms with E-state index < -0.39 is 0 Å². The molecule has 0 saturated heterocycles. The van der Waals surface area contributed by atoms with Gasteiger partial charge in [0.15, 0.2) is 11.5 Å². The molecule has 3 nitrogen and oxygen atoms in total. The average Bonchev–Trinajstić information content (AvgIpc) is 2.86. The molecular formula is C30H39NO2. The summed E-state index contributed by atoms with van der Waals surface area (Å²) in [5.74, 6) is 2.07. The molecule has 3 aromatic carbocycles. The van der Waals surface area contributed by atoms with Gasteiger partial charge >= 0.3 is 0 Å². The summed E-state index contributed by atoms with van der Waals surface area (Å²) < 4.78 is 10.8. The summed E-state index contributed by atoms with van der Waals surface area (Å²) in [7, 11) is 5.59. The summed E-state index contributed by atoms with van der Waals surface area (Å²) in [5, 5.41) is 0. The summed E-state index contributed by atoms with van der Waals surface area (Å²) in [6, 6.07) is 28.3. The Morgan fingerprint density at radius 3 is 1.85 bits per heavy atom. The molecule has 0 aliphatic carbocycles. The van der Waals surface area contributed by atoms with E-state index in [1.807, 2.05) is 6.07 Å². The van der Waals surface area contributed by atoms with E-state index in [0.29, 0.717) is 5.92 Å². The molecule has 0 amide bonds. The van der Waals surface area contributed by atoms with Crippen LogP contribution in [-0.2, 0) is 11.8 Å². The molecule has 0 atom stereocenters. The van der Waals surface area contributed by atoms with Gasteiger partial charge in [0.05, 0.1) is 14.2 Å². The minimum atomic E-state index is 0.0205. The maximum Gasteiger partial charge on any atom is 0.160 e. The number of nitrogens with zero attached hydrogens (tertiary/aromatic N) is 1. The highest BCUT2D eigenvalue weighted by atomic mass is 16.5. The third-order valence-electron chi connectivity index (χ3n) is 6.90. The van der Waals surface area contributed by atoms with Crippen molar-refractivity contribution in [1.82, 2.24) is 4.90 Å². The van der Waals surface area contributed by atoms with Crippen LogP contribution < -0.4 is 9.47 Å². The third-order valence-corrected chi connectivity index (χ3v) is 6.90. The van der Waals surface area contributed by atoms with Crippen molar-refractivity contribution in [2.45, 2.75) is 38.5 Å². The molecule has 3 aromatic rings. The van der Waals surface area contributed by atoms with Gasteiger partial charge in [0, 0.05) is 12.0 Å². The zero-order chi connectivity index (χ0) is 23.7. The van der Waals surface area contributed by atoms with E-state index in [1.165, 1.54) is 16.7 Å². The molecule has 0 N–H and O–H groups in total. The predicted molar refractivity (Wildman–Crippen MR) is 138 cm³/mol. The molecule has 0 fully saturated rings. The molecule has 176 valence electrons. The summed E-state index contributed by atoms with van der Waals surface area (Å²) in [6.07, 6.45) is 3.26. The Kier molecular flexibility index (Phi) is 8.96. The molecule has 0 aliphatic heterocycles. The molecule has 0 saturated carbocycles. The maximum atomic E-state index is 5.45. The second-order valence-corrected chi connectivity index (χ2v) is 9.20. The quantitative estimate of drug-likeness (QED) is 0.313. The van der Waals surface area contributed by atoms with Gasteiger partial charge in [-0.1, -0.05) is 80.6 Å². The molecule has 0 unspecified atom stereocenters. The van der Waals surface area contributed by atoms with Crippen LogP contribution in [0.5, 0.6) is 11.5 Å². The lowest BCUT2D eigenvalue weighted by atomic mass is 9.64. The van der Waals surface area contributed by atoms with Crippen molar-refractivity contribution >= 4 is 0 Å².